The first kappa shape index (κ1) is 12.1. The highest BCUT2D eigenvalue weighted by atomic mass is 19.1. The van der Waals surface area contributed by atoms with Crippen LogP contribution in [0.3, 0.4) is 0 Å². The zero-order valence-corrected chi connectivity index (χ0v) is 9.58. The van der Waals surface area contributed by atoms with Crippen molar-refractivity contribution in [2.75, 3.05) is 7.11 Å². The topological polar surface area (TPSA) is 33.0 Å². The molecule has 0 spiro atoms. The molecule has 0 unspecified atom stereocenters. The predicted octanol–water partition coefficient (Wildman–Crippen LogP) is 3.51. The minimum absolute atomic E-state index is 0.144. The maximum absolute atomic E-state index is 13.8. The number of halogens is 2. The molecule has 2 aromatic carbocycles. The molecule has 2 aromatic rings. The van der Waals surface area contributed by atoms with E-state index < -0.39 is 11.6 Å². The summed E-state index contributed by atoms with van der Waals surface area (Å²) in [6.45, 7) is 0. The summed E-state index contributed by atoms with van der Waals surface area (Å²) in [5, 5.41) is 8.93. The lowest BCUT2D eigenvalue weighted by molar-refractivity contribution is 0.414. The number of rotatable bonds is 2. The summed E-state index contributed by atoms with van der Waals surface area (Å²) in [5.41, 5.74) is 0.184. The quantitative estimate of drug-likeness (QED) is 0.811. The Hall–Kier alpha value is -2.41. The Balaban J connectivity index is 2.69. The molecule has 0 bridgehead atoms. The van der Waals surface area contributed by atoms with E-state index in [1.807, 2.05) is 0 Å². The zero-order chi connectivity index (χ0) is 13.1. The van der Waals surface area contributed by atoms with Crippen LogP contribution in [0.5, 0.6) is 5.75 Å². The normalized spacial score (nSPS) is 9.89. The van der Waals surface area contributed by atoms with Crippen LogP contribution in [0.25, 0.3) is 11.1 Å². The van der Waals surface area contributed by atoms with Gasteiger partial charge in [-0.2, -0.15) is 5.26 Å². The van der Waals surface area contributed by atoms with Crippen LogP contribution in [-0.2, 0) is 0 Å². The number of nitriles is 1. The second-order valence-electron chi connectivity index (χ2n) is 3.62. The Morgan fingerprint density at radius 2 is 1.83 bits per heavy atom. The molecule has 0 aliphatic carbocycles. The lowest BCUT2D eigenvalue weighted by Crippen LogP contribution is -1.93. The molecule has 0 aromatic heterocycles. The second-order valence-corrected chi connectivity index (χ2v) is 3.62. The van der Waals surface area contributed by atoms with Crippen LogP contribution in [0.2, 0.25) is 0 Å². The standard InChI is InChI=1S/C14H9F2NO/c1-18-9-5-6-14(16)11(7-9)10-3-2-4-13(15)12(10)8-17/h2-7H,1H3. The molecule has 0 N–H and O–H groups in total. The number of benzene rings is 2. The third-order valence-corrected chi connectivity index (χ3v) is 2.59. The van der Waals surface area contributed by atoms with Crippen LogP contribution in [-0.4, -0.2) is 7.11 Å². The van der Waals surface area contributed by atoms with Gasteiger partial charge in [0.15, 0.2) is 0 Å². The van der Waals surface area contributed by atoms with Crippen molar-refractivity contribution in [3.05, 3.63) is 53.6 Å². The van der Waals surface area contributed by atoms with Crippen LogP contribution < -0.4 is 4.74 Å². The molecule has 0 fully saturated rings. The van der Waals surface area contributed by atoms with Gasteiger partial charge in [-0.1, -0.05) is 12.1 Å². The monoisotopic (exact) mass is 245 g/mol. The van der Waals surface area contributed by atoms with E-state index in [1.165, 1.54) is 43.5 Å². The molecule has 0 saturated heterocycles. The first-order valence-electron chi connectivity index (χ1n) is 5.20. The van der Waals surface area contributed by atoms with Crippen molar-refractivity contribution in [1.82, 2.24) is 0 Å². The van der Waals surface area contributed by atoms with Gasteiger partial charge in [-0.15, -0.1) is 0 Å². The highest BCUT2D eigenvalue weighted by molar-refractivity contribution is 5.72. The van der Waals surface area contributed by atoms with Crippen LogP contribution in [0.1, 0.15) is 5.56 Å². The molecule has 2 nitrogen and oxygen atoms in total. The SMILES string of the molecule is COc1ccc(F)c(-c2cccc(F)c2C#N)c1. The molecule has 4 heteroatoms. The largest absolute Gasteiger partial charge is 0.497 e. The minimum Gasteiger partial charge on any atom is -0.497 e. The molecule has 0 atom stereocenters. The van der Waals surface area contributed by atoms with Crippen LogP contribution in [0.15, 0.2) is 36.4 Å². The number of hydrogen-bond donors (Lipinski definition) is 0. The van der Waals surface area contributed by atoms with Gasteiger partial charge < -0.3 is 4.74 Å². The molecule has 18 heavy (non-hydrogen) atoms. The van der Waals surface area contributed by atoms with Gasteiger partial charge in [-0.25, -0.2) is 8.78 Å². The molecule has 0 aliphatic rings. The van der Waals surface area contributed by atoms with Crippen molar-refractivity contribution in [3.8, 4) is 22.9 Å². The maximum atomic E-state index is 13.8. The Morgan fingerprint density at radius 1 is 1.06 bits per heavy atom. The summed E-state index contributed by atoms with van der Waals surface area (Å²) in [5.74, 6) is -0.755. The zero-order valence-electron chi connectivity index (χ0n) is 9.58. The molecule has 0 heterocycles. The second kappa shape index (κ2) is 4.84. The van der Waals surface area contributed by atoms with Gasteiger partial charge in [0.05, 0.1) is 12.7 Å². The van der Waals surface area contributed by atoms with E-state index in [9.17, 15) is 8.78 Å². The average Bonchev–Trinajstić information content (AvgIpc) is 2.39. The summed E-state index contributed by atoms with van der Waals surface area (Å²) in [4.78, 5) is 0. The van der Waals surface area contributed by atoms with Gasteiger partial charge in [-0.3, -0.25) is 0 Å². The van der Waals surface area contributed by atoms with Crippen LogP contribution in [0, 0.1) is 23.0 Å². The predicted molar refractivity (Wildman–Crippen MR) is 63.1 cm³/mol. The Morgan fingerprint density at radius 3 is 2.50 bits per heavy atom. The summed E-state index contributed by atoms with van der Waals surface area (Å²) in [6.07, 6.45) is 0. The van der Waals surface area contributed by atoms with Gasteiger partial charge in [0.1, 0.15) is 23.5 Å². The first-order valence-corrected chi connectivity index (χ1v) is 5.20. The van der Waals surface area contributed by atoms with Gasteiger partial charge in [0.2, 0.25) is 0 Å². The third-order valence-electron chi connectivity index (χ3n) is 2.59. The van der Waals surface area contributed by atoms with Crippen molar-refractivity contribution < 1.29 is 13.5 Å². The van der Waals surface area contributed by atoms with Crippen molar-refractivity contribution in [3.63, 3.8) is 0 Å². The molecule has 0 radical (unpaired) electrons. The summed E-state index contributed by atoms with van der Waals surface area (Å²) in [7, 11) is 1.45. The van der Waals surface area contributed by atoms with E-state index in [-0.39, 0.29) is 16.7 Å². The molecule has 0 amide bonds. The Kier molecular flexibility index (Phi) is 3.24. The fraction of sp³-hybridized carbons (Fsp3) is 0.0714. The smallest absolute Gasteiger partial charge is 0.141 e. The number of nitrogens with zero attached hydrogens (tertiary/aromatic N) is 1. The van der Waals surface area contributed by atoms with Gasteiger partial charge in [0.25, 0.3) is 0 Å². The van der Waals surface area contributed by atoms with E-state index in [1.54, 1.807) is 6.07 Å². The van der Waals surface area contributed by atoms with Gasteiger partial charge >= 0.3 is 0 Å². The molecule has 0 aliphatic heterocycles. The third kappa shape index (κ3) is 2.03. The van der Waals surface area contributed by atoms with E-state index in [0.29, 0.717) is 5.75 Å². The van der Waals surface area contributed by atoms with E-state index in [2.05, 4.69) is 0 Å². The molecule has 2 rings (SSSR count). The Labute approximate surface area is 103 Å². The van der Waals surface area contributed by atoms with Crippen molar-refractivity contribution in [1.29, 1.82) is 5.26 Å². The van der Waals surface area contributed by atoms with Gasteiger partial charge in [0, 0.05) is 11.1 Å². The van der Waals surface area contributed by atoms with Crippen molar-refractivity contribution in [2.45, 2.75) is 0 Å². The van der Waals surface area contributed by atoms with E-state index in [4.69, 9.17) is 10.00 Å². The molecular formula is C14H9F2NO. The van der Waals surface area contributed by atoms with Crippen LogP contribution in [0.4, 0.5) is 8.78 Å². The minimum atomic E-state index is -0.669. The highest BCUT2D eigenvalue weighted by Crippen LogP contribution is 2.30. The van der Waals surface area contributed by atoms with Gasteiger partial charge in [-0.05, 0) is 24.3 Å². The summed E-state index contributed by atoms with van der Waals surface area (Å²) < 4.78 is 32.2. The van der Waals surface area contributed by atoms with E-state index in [0.717, 1.165) is 0 Å². The average molecular weight is 245 g/mol. The summed E-state index contributed by atoms with van der Waals surface area (Å²) in [6, 6.07) is 9.97. The summed E-state index contributed by atoms with van der Waals surface area (Å²) >= 11 is 0. The molecule has 90 valence electrons. The fourth-order valence-corrected chi connectivity index (χ4v) is 1.70. The van der Waals surface area contributed by atoms with Crippen molar-refractivity contribution >= 4 is 0 Å². The number of methoxy groups -OCH3 is 1. The number of ether oxygens (including phenoxy) is 1. The fourth-order valence-electron chi connectivity index (χ4n) is 1.70. The highest BCUT2D eigenvalue weighted by Gasteiger charge is 2.14. The lowest BCUT2D eigenvalue weighted by atomic mass is 9.99. The van der Waals surface area contributed by atoms with Crippen molar-refractivity contribution in [2.24, 2.45) is 0 Å². The molecular weight excluding hydrogens is 236 g/mol. The maximum Gasteiger partial charge on any atom is 0.141 e. The number of hydrogen-bond acceptors (Lipinski definition) is 2. The lowest BCUT2D eigenvalue weighted by Gasteiger charge is -2.08. The van der Waals surface area contributed by atoms with Crippen LogP contribution >= 0.6 is 0 Å². The van der Waals surface area contributed by atoms with E-state index >= 15 is 0 Å². The molecule has 0 saturated carbocycles. The Bertz CT molecular complexity index is 632. The first-order chi connectivity index (χ1) is 8.67.